The lowest BCUT2D eigenvalue weighted by Crippen LogP contribution is -2.16. The number of halogens is 1. The number of hydrogen-bond acceptors (Lipinski definition) is 4. The molecular weight excluding hydrogens is 305 g/mol. The lowest BCUT2D eigenvalue weighted by molar-refractivity contribution is 0.0711. The molecule has 2 N–H and O–H groups in total. The first-order chi connectivity index (χ1) is 10.7. The Labute approximate surface area is 129 Å². The van der Waals surface area contributed by atoms with Crippen LogP contribution >= 0.6 is 11.3 Å². The van der Waals surface area contributed by atoms with Crippen LogP contribution in [0.25, 0.3) is 10.1 Å². The van der Waals surface area contributed by atoms with Crippen LogP contribution in [0.3, 0.4) is 0 Å². The Hall–Kier alpha value is -2.44. The van der Waals surface area contributed by atoms with Crippen molar-refractivity contribution >= 4 is 27.3 Å². The molecule has 0 bridgehead atoms. The Balaban J connectivity index is 1.80. The Morgan fingerprint density at radius 3 is 2.82 bits per heavy atom. The van der Waals surface area contributed by atoms with Crippen LogP contribution in [0.15, 0.2) is 48.5 Å². The van der Waals surface area contributed by atoms with Crippen LogP contribution in [0.2, 0.25) is 0 Å². The van der Waals surface area contributed by atoms with Gasteiger partial charge in [0, 0.05) is 4.70 Å². The molecule has 0 radical (unpaired) electrons. The van der Waals surface area contributed by atoms with E-state index in [1.165, 1.54) is 17.4 Å². The van der Waals surface area contributed by atoms with Gasteiger partial charge < -0.3 is 4.74 Å². The van der Waals surface area contributed by atoms with Crippen molar-refractivity contribution in [1.82, 2.24) is 5.48 Å². The van der Waals surface area contributed by atoms with Gasteiger partial charge in [-0.2, -0.15) is 0 Å². The molecule has 3 aromatic rings. The van der Waals surface area contributed by atoms with Gasteiger partial charge in [0.25, 0.3) is 5.91 Å². The highest BCUT2D eigenvalue weighted by Gasteiger charge is 2.10. The fourth-order valence-corrected chi connectivity index (χ4v) is 3.07. The fourth-order valence-electron chi connectivity index (χ4n) is 2.06. The minimum Gasteiger partial charge on any atom is -0.486 e. The fraction of sp³-hybridized carbons (Fsp3) is 0.0625. The van der Waals surface area contributed by atoms with E-state index in [0.717, 1.165) is 15.6 Å². The summed E-state index contributed by atoms with van der Waals surface area (Å²) in [6.07, 6.45) is 0. The summed E-state index contributed by atoms with van der Waals surface area (Å²) in [6, 6.07) is 13.5. The van der Waals surface area contributed by atoms with Gasteiger partial charge in [0.05, 0.1) is 4.88 Å². The molecule has 0 saturated carbocycles. The third kappa shape index (κ3) is 2.93. The first-order valence-corrected chi connectivity index (χ1v) is 7.33. The number of hydrogen-bond donors (Lipinski definition) is 2. The van der Waals surface area contributed by atoms with Gasteiger partial charge in [-0.3, -0.25) is 10.0 Å². The number of fused-ring (bicyclic) bond motifs is 1. The molecule has 0 aliphatic carbocycles. The Bertz CT molecular complexity index is 831. The van der Waals surface area contributed by atoms with Crippen LogP contribution in [0.4, 0.5) is 4.39 Å². The third-order valence-corrected chi connectivity index (χ3v) is 4.24. The minimum absolute atomic E-state index is 0.203. The summed E-state index contributed by atoms with van der Waals surface area (Å²) in [6.45, 7) is 0.232. The van der Waals surface area contributed by atoms with E-state index in [2.05, 4.69) is 0 Å². The maximum absolute atomic E-state index is 13.5. The van der Waals surface area contributed by atoms with Crippen LogP contribution in [-0.4, -0.2) is 11.1 Å². The number of carbonyl (C=O) groups is 1. The van der Waals surface area contributed by atoms with Crippen molar-refractivity contribution in [3.8, 4) is 5.75 Å². The van der Waals surface area contributed by atoms with Gasteiger partial charge in [-0.1, -0.05) is 24.3 Å². The zero-order chi connectivity index (χ0) is 15.5. The third-order valence-electron chi connectivity index (χ3n) is 3.14. The van der Waals surface area contributed by atoms with Crippen molar-refractivity contribution in [3.63, 3.8) is 0 Å². The Morgan fingerprint density at radius 1 is 1.23 bits per heavy atom. The highest BCUT2D eigenvalue weighted by molar-refractivity contribution is 7.20. The minimum atomic E-state index is -0.537. The predicted molar refractivity (Wildman–Crippen MR) is 81.8 cm³/mol. The summed E-state index contributed by atoms with van der Waals surface area (Å²) in [5.41, 5.74) is 2.48. The van der Waals surface area contributed by atoms with Crippen LogP contribution in [-0.2, 0) is 6.61 Å². The number of hydroxylamine groups is 1. The van der Waals surface area contributed by atoms with Crippen molar-refractivity contribution in [2.45, 2.75) is 6.61 Å². The van der Waals surface area contributed by atoms with Gasteiger partial charge in [-0.15, -0.1) is 11.3 Å². The molecule has 0 fully saturated rings. The maximum atomic E-state index is 13.5. The quantitative estimate of drug-likeness (QED) is 0.569. The molecule has 0 aliphatic rings. The summed E-state index contributed by atoms with van der Waals surface area (Å²) in [4.78, 5) is 11.8. The van der Waals surface area contributed by atoms with E-state index >= 15 is 0 Å². The number of thiophene rings is 1. The number of nitrogens with one attached hydrogen (secondary N) is 1. The van der Waals surface area contributed by atoms with E-state index in [9.17, 15) is 9.18 Å². The van der Waals surface area contributed by atoms with Crippen molar-refractivity contribution in [1.29, 1.82) is 0 Å². The van der Waals surface area contributed by atoms with Crippen LogP contribution in [0.1, 0.15) is 15.2 Å². The molecule has 1 aromatic heterocycles. The van der Waals surface area contributed by atoms with E-state index in [1.807, 2.05) is 18.2 Å². The van der Waals surface area contributed by atoms with Gasteiger partial charge in [0.1, 0.15) is 6.61 Å². The van der Waals surface area contributed by atoms with Gasteiger partial charge in [0.2, 0.25) is 0 Å². The van der Waals surface area contributed by atoms with Crippen molar-refractivity contribution in [2.24, 2.45) is 0 Å². The summed E-state index contributed by atoms with van der Waals surface area (Å²) < 4.78 is 19.8. The molecule has 4 nitrogen and oxygen atoms in total. The van der Waals surface area contributed by atoms with Gasteiger partial charge >= 0.3 is 0 Å². The standard InChI is InChI=1S/C16H12FNO3S/c17-12-3-1-2-4-13(12)21-9-10-5-6-11-8-15(16(19)18-20)22-14(11)7-10/h1-8,20H,9H2,(H,18,19). The van der Waals surface area contributed by atoms with Gasteiger partial charge in [-0.05, 0) is 35.2 Å². The van der Waals surface area contributed by atoms with E-state index in [1.54, 1.807) is 29.7 Å². The second-order valence-electron chi connectivity index (χ2n) is 4.64. The summed E-state index contributed by atoms with van der Waals surface area (Å²) in [7, 11) is 0. The van der Waals surface area contributed by atoms with Gasteiger partial charge in [0.15, 0.2) is 11.6 Å². The zero-order valence-corrected chi connectivity index (χ0v) is 12.2. The highest BCUT2D eigenvalue weighted by atomic mass is 32.1. The summed E-state index contributed by atoms with van der Waals surface area (Å²) >= 11 is 1.27. The summed E-state index contributed by atoms with van der Waals surface area (Å²) in [5, 5.41) is 9.56. The van der Waals surface area contributed by atoms with Crippen molar-refractivity contribution in [2.75, 3.05) is 0 Å². The maximum Gasteiger partial charge on any atom is 0.284 e. The van der Waals surface area contributed by atoms with Gasteiger partial charge in [-0.25, -0.2) is 9.87 Å². The monoisotopic (exact) mass is 317 g/mol. The number of para-hydroxylation sites is 1. The van der Waals surface area contributed by atoms with E-state index in [-0.39, 0.29) is 12.4 Å². The van der Waals surface area contributed by atoms with Crippen LogP contribution < -0.4 is 10.2 Å². The van der Waals surface area contributed by atoms with Crippen LogP contribution in [0.5, 0.6) is 5.75 Å². The largest absolute Gasteiger partial charge is 0.486 e. The first kappa shape index (κ1) is 14.5. The molecular formula is C16H12FNO3S. The highest BCUT2D eigenvalue weighted by Crippen LogP contribution is 2.27. The average molecular weight is 317 g/mol. The molecule has 112 valence electrons. The SMILES string of the molecule is O=C(NO)c1cc2ccc(COc3ccccc3F)cc2s1. The molecule has 0 spiro atoms. The number of carbonyl (C=O) groups excluding carboxylic acids is 1. The molecule has 0 aliphatic heterocycles. The topological polar surface area (TPSA) is 58.6 Å². The second-order valence-corrected chi connectivity index (χ2v) is 5.73. The average Bonchev–Trinajstić information content (AvgIpc) is 2.96. The molecule has 22 heavy (non-hydrogen) atoms. The Kier molecular flexibility index (Phi) is 4.04. The van der Waals surface area contributed by atoms with E-state index in [4.69, 9.17) is 9.94 Å². The summed E-state index contributed by atoms with van der Waals surface area (Å²) in [5.74, 6) is -0.735. The van der Waals surface area contributed by atoms with E-state index < -0.39 is 11.7 Å². The Morgan fingerprint density at radius 2 is 2.05 bits per heavy atom. The van der Waals surface area contributed by atoms with Crippen molar-refractivity contribution in [3.05, 3.63) is 64.8 Å². The van der Waals surface area contributed by atoms with Crippen LogP contribution in [0, 0.1) is 5.82 Å². The molecule has 2 aromatic carbocycles. The molecule has 1 heterocycles. The lowest BCUT2D eigenvalue weighted by atomic mass is 10.2. The zero-order valence-electron chi connectivity index (χ0n) is 11.4. The molecule has 0 saturated heterocycles. The molecule has 0 atom stereocenters. The first-order valence-electron chi connectivity index (χ1n) is 6.51. The lowest BCUT2D eigenvalue weighted by Gasteiger charge is -2.07. The molecule has 3 rings (SSSR count). The number of ether oxygens (including phenoxy) is 1. The number of benzene rings is 2. The number of amides is 1. The normalized spacial score (nSPS) is 10.6. The molecule has 0 unspecified atom stereocenters. The molecule has 6 heteroatoms. The smallest absolute Gasteiger partial charge is 0.284 e. The molecule has 1 amide bonds. The van der Waals surface area contributed by atoms with E-state index in [0.29, 0.717) is 4.88 Å². The predicted octanol–water partition coefficient (Wildman–Crippen LogP) is 3.74. The second kappa shape index (κ2) is 6.13. The van der Waals surface area contributed by atoms with Crippen molar-refractivity contribution < 1.29 is 19.1 Å². The number of rotatable bonds is 4.